The molecule has 0 spiro atoms. The molecule has 4 heterocycles. The van der Waals surface area contributed by atoms with Crippen LogP contribution < -0.4 is 15.4 Å². The summed E-state index contributed by atoms with van der Waals surface area (Å²) >= 11 is 0. The molecule has 0 fully saturated rings. The van der Waals surface area contributed by atoms with Crippen LogP contribution in [0.1, 0.15) is 65.1 Å². The standard InChI is InChI=1S/C29H39N7O2Si/c1-18-11-19(2)38-26-24(15-33-36(18)26)35-27-31-10-9-23(34-27)20-12-21(14-30)25-22(13-20)29(6,16-32-25)17-37-39(7,8)28(3,4)5/h9-10,12-13,15,18-19,32H,11,16-17H2,1-8H3,(H,31,34,35). The molecule has 3 aromatic rings. The number of fused-ring (bicyclic) bond motifs is 2. The SMILES string of the molecule is CC1CC(C)n2ncc(Nc3nccc(-c4cc(C#N)c5c(c4)C(C)(CO[Si](C)(C)C(C)(C)C)CN5)n3)c2O1. The first-order chi connectivity index (χ1) is 18.3. The number of hydrogen-bond acceptors (Lipinski definition) is 8. The van der Waals surface area contributed by atoms with Crippen molar-refractivity contribution in [2.45, 2.75) is 83.7 Å². The lowest BCUT2D eigenvalue weighted by molar-refractivity contribution is 0.128. The summed E-state index contributed by atoms with van der Waals surface area (Å²) in [6, 6.07) is 8.55. The maximum Gasteiger partial charge on any atom is 0.236 e. The smallest absolute Gasteiger partial charge is 0.236 e. The van der Waals surface area contributed by atoms with E-state index < -0.39 is 8.32 Å². The quantitative estimate of drug-likeness (QED) is 0.343. The zero-order chi connectivity index (χ0) is 28.2. The highest BCUT2D eigenvalue weighted by Crippen LogP contribution is 2.44. The summed E-state index contributed by atoms with van der Waals surface area (Å²) < 4.78 is 14.6. The summed E-state index contributed by atoms with van der Waals surface area (Å²) in [7, 11) is -1.94. The third-order valence-corrected chi connectivity index (χ3v) is 13.0. The summed E-state index contributed by atoms with van der Waals surface area (Å²) in [6.45, 7) is 19.0. The van der Waals surface area contributed by atoms with Crippen molar-refractivity contribution in [3.05, 3.63) is 41.7 Å². The Kier molecular flexibility index (Phi) is 6.72. The minimum atomic E-state index is -1.94. The van der Waals surface area contributed by atoms with Crippen molar-refractivity contribution in [1.29, 1.82) is 5.26 Å². The van der Waals surface area contributed by atoms with Gasteiger partial charge in [0.15, 0.2) is 8.32 Å². The monoisotopic (exact) mass is 545 g/mol. The lowest BCUT2D eigenvalue weighted by Gasteiger charge is -2.39. The number of benzene rings is 1. The lowest BCUT2D eigenvalue weighted by Crippen LogP contribution is -2.45. The van der Waals surface area contributed by atoms with Gasteiger partial charge in [0.1, 0.15) is 11.8 Å². The topological polar surface area (TPSA) is 110 Å². The summed E-state index contributed by atoms with van der Waals surface area (Å²) in [4.78, 5) is 9.24. The molecule has 0 aliphatic carbocycles. The molecule has 0 saturated carbocycles. The first-order valence-electron chi connectivity index (χ1n) is 13.6. The number of nitrogens with zero attached hydrogens (tertiary/aromatic N) is 5. The van der Waals surface area contributed by atoms with Crippen molar-refractivity contribution in [2.75, 3.05) is 23.8 Å². The molecule has 10 heteroatoms. The summed E-state index contributed by atoms with van der Waals surface area (Å²) in [5.74, 6) is 1.14. The van der Waals surface area contributed by atoms with Crippen molar-refractivity contribution in [1.82, 2.24) is 19.7 Å². The molecule has 2 aliphatic heterocycles. The van der Waals surface area contributed by atoms with Gasteiger partial charge in [-0.15, -0.1) is 0 Å². The Morgan fingerprint density at radius 2 is 2.08 bits per heavy atom. The number of hydrogen-bond donors (Lipinski definition) is 2. The van der Waals surface area contributed by atoms with Crippen molar-refractivity contribution in [3.8, 4) is 23.2 Å². The minimum Gasteiger partial charge on any atom is -0.473 e. The number of nitrogens with one attached hydrogen (secondary N) is 2. The minimum absolute atomic E-state index is 0.108. The van der Waals surface area contributed by atoms with E-state index in [1.54, 1.807) is 12.4 Å². The van der Waals surface area contributed by atoms with Crippen LogP contribution >= 0.6 is 0 Å². The van der Waals surface area contributed by atoms with Gasteiger partial charge in [0.05, 0.1) is 35.3 Å². The van der Waals surface area contributed by atoms with E-state index in [2.05, 4.69) is 87.5 Å². The Morgan fingerprint density at radius 1 is 1.31 bits per heavy atom. The number of nitriles is 1. The van der Waals surface area contributed by atoms with Crippen LogP contribution in [0.5, 0.6) is 5.88 Å². The van der Waals surface area contributed by atoms with Gasteiger partial charge < -0.3 is 19.8 Å². The van der Waals surface area contributed by atoms with Crippen LogP contribution in [0.4, 0.5) is 17.3 Å². The second-order valence-electron chi connectivity index (χ2n) is 12.7. The maximum atomic E-state index is 10.0. The Hall–Kier alpha value is -3.42. The first-order valence-corrected chi connectivity index (χ1v) is 16.5. The van der Waals surface area contributed by atoms with E-state index in [0.717, 1.165) is 41.2 Å². The lowest BCUT2D eigenvalue weighted by atomic mass is 9.83. The molecule has 2 aliphatic rings. The van der Waals surface area contributed by atoms with Gasteiger partial charge in [-0.1, -0.05) is 27.7 Å². The highest BCUT2D eigenvalue weighted by Gasteiger charge is 2.42. The molecule has 0 amide bonds. The van der Waals surface area contributed by atoms with Gasteiger partial charge in [0.25, 0.3) is 0 Å². The summed E-state index contributed by atoms with van der Waals surface area (Å²) in [6.07, 6.45) is 4.50. The van der Waals surface area contributed by atoms with E-state index in [1.165, 1.54) is 0 Å². The van der Waals surface area contributed by atoms with Crippen molar-refractivity contribution < 1.29 is 9.16 Å². The normalized spacial score (nSPS) is 22.3. The van der Waals surface area contributed by atoms with Crippen LogP contribution in [0.2, 0.25) is 18.1 Å². The number of anilines is 3. The third-order valence-electron chi connectivity index (χ3n) is 8.47. The first kappa shape index (κ1) is 27.2. The van der Waals surface area contributed by atoms with Crippen molar-refractivity contribution in [3.63, 3.8) is 0 Å². The van der Waals surface area contributed by atoms with Gasteiger partial charge >= 0.3 is 0 Å². The zero-order valence-corrected chi connectivity index (χ0v) is 25.2. The van der Waals surface area contributed by atoms with Gasteiger partial charge in [-0.25, -0.2) is 14.6 Å². The van der Waals surface area contributed by atoms with Gasteiger partial charge in [0, 0.05) is 36.7 Å². The molecule has 39 heavy (non-hydrogen) atoms. The second kappa shape index (κ2) is 9.64. The van der Waals surface area contributed by atoms with Crippen LogP contribution in [0, 0.1) is 11.3 Å². The number of rotatable bonds is 6. The van der Waals surface area contributed by atoms with E-state index in [1.807, 2.05) is 16.8 Å². The summed E-state index contributed by atoms with van der Waals surface area (Å²) in [5.41, 5.74) is 4.66. The van der Waals surface area contributed by atoms with Crippen LogP contribution in [-0.4, -0.2) is 47.3 Å². The fourth-order valence-corrected chi connectivity index (χ4v) is 6.11. The largest absolute Gasteiger partial charge is 0.473 e. The predicted octanol–water partition coefficient (Wildman–Crippen LogP) is 6.39. The molecule has 2 aromatic heterocycles. The van der Waals surface area contributed by atoms with Crippen LogP contribution in [-0.2, 0) is 9.84 Å². The average Bonchev–Trinajstić information content (AvgIpc) is 3.43. The average molecular weight is 546 g/mol. The van der Waals surface area contributed by atoms with E-state index in [9.17, 15) is 5.26 Å². The second-order valence-corrected chi connectivity index (χ2v) is 17.5. The molecule has 3 unspecified atom stereocenters. The molecule has 9 nitrogen and oxygen atoms in total. The highest BCUT2D eigenvalue weighted by molar-refractivity contribution is 6.74. The molecule has 3 atom stereocenters. The molecule has 2 N–H and O–H groups in total. The molecule has 1 aromatic carbocycles. The van der Waals surface area contributed by atoms with Crippen molar-refractivity contribution in [2.24, 2.45) is 0 Å². The van der Waals surface area contributed by atoms with Crippen molar-refractivity contribution >= 4 is 25.6 Å². The van der Waals surface area contributed by atoms with Crippen LogP contribution in [0.3, 0.4) is 0 Å². The molecule has 0 saturated heterocycles. The molecule has 206 valence electrons. The van der Waals surface area contributed by atoms with Gasteiger partial charge in [0.2, 0.25) is 11.8 Å². The van der Waals surface area contributed by atoms with E-state index in [0.29, 0.717) is 24.0 Å². The molecular formula is C29H39N7O2Si. The third kappa shape index (κ3) is 5.01. The van der Waals surface area contributed by atoms with E-state index >= 15 is 0 Å². The number of aromatic nitrogens is 4. The predicted molar refractivity (Wildman–Crippen MR) is 156 cm³/mol. The molecular weight excluding hydrogens is 506 g/mol. The fraction of sp³-hybridized carbons (Fsp3) is 0.517. The molecule has 0 radical (unpaired) electrons. The Morgan fingerprint density at radius 3 is 2.79 bits per heavy atom. The fourth-order valence-electron chi connectivity index (χ4n) is 5.00. The van der Waals surface area contributed by atoms with Crippen LogP contribution in [0.15, 0.2) is 30.6 Å². The van der Waals surface area contributed by atoms with E-state index in [4.69, 9.17) is 14.1 Å². The number of ether oxygens (including phenoxy) is 1. The molecule has 0 bridgehead atoms. The Balaban J connectivity index is 1.45. The van der Waals surface area contributed by atoms with Gasteiger partial charge in [-0.05, 0) is 55.7 Å². The van der Waals surface area contributed by atoms with Gasteiger partial charge in [-0.3, -0.25) is 0 Å². The Bertz CT molecular complexity index is 1440. The highest BCUT2D eigenvalue weighted by atomic mass is 28.4. The van der Waals surface area contributed by atoms with Crippen LogP contribution in [0.25, 0.3) is 11.3 Å². The van der Waals surface area contributed by atoms with E-state index in [-0.39, 0.29) is 22.6 Å². The Labute approximate surface area is 232 Å². The summed E-state index contributed by atoms with van der Waals surface area (Å²) in [5, 5.41) is 21.4. The molecule has 5 rings (SSSR count). The zero-order valence-electron chi connectivity index (χ0n) is 24.2. The maximum absolute atomic E-state index is 10.0. The van der Waals surface area contributed by atoms with Gasteiger partial charge in [-0.2, -0.15) is 10.4 Å².